The molecule has 2 aromatic carbocycles. The highest BCUT2D eigenvalue weighted by Gasteiger charge is 2.34. The maximum absolute atomic E-state index is 13.3. The Balaban J connectivity index is 2.38. The molecule has 0 radical (unpaired) electrons. The monoisotopic (exact) mass is 507 g/mol. The lowest BCUT2D eigenvalue weighted by molar-refractivity contribution is -0.387. The van der Waals surface area contributed by atoms with Crippen LogP contribution in [0.1, 0.15) is 32.8 Å². The second kappa shape index (κ2) is 11.8. The van der Waals surface area contributed by atoms with Crippen molar-refractivity contribution in [1.82, 2.24) is 9.62 Å². The summed E-state index contributed by atoms with van der Waals surface area (Å²) in [6, 6.07) is 13.1. The van der Waals surface area contributed by atoms with E-state index in [4.69, 9.17) is 4.74 Å². The summed E-state index contributed by atoms with van der Waals surface area (Å²) < 4.78 is 32.6. The molecule has 190 valence electrons. The Labute approximate surface area is 203 Å². The summed E-state index contributed by atoms with van der Waals surface area (Å²) in [7, 11) is -4.60. The maximum Gasteiger partial charge on any atom is 0.407 e. The van der Waals surface area contributed by atoms with Gasteiger partial charge >= 0.3 is 12.1 Å². The molecule has 0 bridgehead atoms. The number of nitro groups is 1. The van der Waals surface area contributed by atoms with Gasteiger partial charge in [0.15, 0.2) is 4.90 Å². The van der Waals surface area contributed by atoms with E-state index >= 15 is 0 Å². The van der Waals surface area contributed by atoms with E-state index in [1.54, 1.807) is 20.8 Å². The van der Waals surface area contributed by atoms with Crippen molar-refractivity contribution in [3.63, 3.8) is 0 Å². The lowest BCUT2D eigenvalue weighted by atomic mass is 10.1. The van der Waals surface area contributed by atoms with Crippen LogP contribution in [0.3, 0.4) is 0 Å². The zero-order chi connectivity index (χ0) is 26.2. The Bertz CT molecular complexity index is 1150. The van der Waals surface area contributed by atoms with Crippen molar-refractivity contribution in [3.05, 3.63) is 70.3 Å². The van der Waals surface area contributed by atoms with Gasteiger partial charge in [-0.15, -0.1) is 0 Å². The molecular weight excluding hydrogens is 478 g/mol. The molecule has 11 nitrogen and oxygen atoms in total. The van der Waals surface area contributed by atoms with Crippen LogP contribution in [-0.2, 0) is 26.0 Å². The number of nitro benzene ring substituents is 1. The fourth-order valence-corrected chi connectivity index (χ4v) is 4.87. The minimum atomic E-state index is -4.60. The van der Waals surface area contributed by atoms with Crippen molar-refractivity contribution in [2.24, 2.45) is 0 Å². The molecule has 1 atom stereocenters. The number of nitrogens with zero attached hydrogens (tertiary/aromatic N) is 2. The first-order valence-electron chi connectivity index (χ1n) is 10.8. The van der Waals surface area contributed by atoms with E-state index < -0.39 is 62.3 Å². The van der Waals surface area contributed by atoms with Gasteiger partial charge in [0.1, 0.15) is 12.1 Å². The fourth-order valence-electron chi connectivity index (χ4n) is 3.28. The third kappa shape index (κ3) is 8.65. The van der Waals surface area contributed by atoms with Crippen LogP contribution in [0, 0.1) is 10.1 Å². The first-order chi connectivity index (χ1) is 16.3. The molecule has 0 unspecified atom stereocenters. The van der Waals surface area contributed by atoms with Crippen LogP contribution in [0.5, 0.6) is 0 Å². The number of alkyl carbamates (subject to hydrolysis) is 1. The zero-order valence-corrected chi connectivity index (χ0v) is 20.5. The third-order valence-electron chi connectivity index (χ3n) is 4.76. The fraction of sp³-hybridized carbons (Fsp3) is 0.391. The number of benzene rings is 2. The van der Waals surface area contributed by atoms with Crippen molar-refractivity contribution in [1.29, 1.82) is 0 Å². The second-order valence-electron chi connectivity index (χ2n) is 8.78. The SMILES string of the molecule is CC(C)(C)OC(=O)N[C@@H](CCc1ccccc1)CN(CC(=O)O)S(=O)(=O)c1ccccc1[N+](=O)[O-]. The zero-order valence-electron chi connectivity index (χ0n) is 19.7. The highest BCUT2D eigenvalue weighted by atomic mass is 32.2. The number of carboxylic acids is 1. The number of carbonyl (C=O) groups is 2. The Morgan fingerprint density at radius 2 is 1.71 bits per heavy atom. The van der Waals surface area contributed by atoms with Crippen molar-refractivity contribution in [2.75, 3.05) is 13.1 Å². The maximum atomic E-state index is 13.3. The molecular formula is C23H29N3O8S. The van der Waals surface area contributed by atoms with E-state index in [1.165, 1.54) is 12.1 Å². The average Bonchev–Trinajstić information content (AvgIpc) is 2.76. The van der Waals surface area contributed by atoms with E-state index in [2.05, 4.69) is 5.32 Å². The first-order valence-corrected chi connectivity index (χ1v) is 12.2. The molecule has 2 aromatic rings. The van der Waals surface area contributed by atoms with Crippen molar-refractivity contribution in [3.8, 4) is 0 Å². The van der Waals surface area contributed by atoms with Gasteiger partial charge in [-0.05, 0) is 45.2 Å². The number of aryl methyl sites for hydroxylation is 1. The number of rotatable bonds is 11. The lowest BCUT2D eigenvalue weighted by Crippen LogP contribution is -2.48. The minimum absolute atomic E-state index is 0.256. The van der Waals surface area contributed by atoms with Crippen LogP contribution in [0.25, 0.3) is 0 Å². The smallest absolute Gasteiger partial charge is 0.407 e. The molecule has 35 heavy (non-hydrogen) atoms. The summed E-state index contributed by atoms with van der Waals surface area (Å²) in [6.45, 7) is 3.61. The predicted octanol–water partition coefficient (Wildman–Crippen LogP) is 3.20. The molecule has 0 aromatic heterocycles. The molecule has 0 aliphatic rings. The lowest BCUT2D eigenvalue weighted by Gasteiger charge is -2.28. The minimum Gasteiger partial charge on any atom is -0.480 e. The summed E-state index contributed by atoms with van der Waals surface area (Å²) in [5, 5.41) is 23.4. The molecule has 0 aliphatic heterocycles. The number of carbonyl (C=O) groups excluding carboxylic acids is 1. The summed E-state index contributed by atoms with van der Waals surface area (Å²) in [6.07, 6.45) is -0.0894. The summed E-state index contributed by atoms with van der Waals surface area (Å²) in [5.41, 5.74) is -0.565. The highest BCUT2D eigenvalue weighted by molar-refractivity contribution is 7.89. The van der Waals surface area contributed by atoms with Gasteiger partial charge in [-0.1, -0.05) is 42.5 Å². The van der Waals surface area contributed by atoms with E-state index in [0.717, 1.165) is 17.7 Å². The van der Waals surface area contributed by atoms with Crippen LogP contribution < -0.4 is 5.32 Å². The number of hydrogen-bond acceptors (Lipinski definition) is 7. The molecule has 0 heterocycles. The van der Waals surface area contributed by atoms with Gasteiger partial charge in [0, 0.05) is 18.7 Å². The van der Waals surface area contributed by atoms with E-state index in [0.29, 0.717) is 10.7 Å². The van der Waals surface area contributed by atoms with Crippen LogP contribution >= 0.6 is 0 Å². The molecule has 0 aliphatic carbocycles. The normalized spacial score (nSPS) is 12.7. The Morgan fingerprint density at radius 1 is 1.11 bits per heavy atom. The number of nitrogens with one attached hydrogen (secondary N) is 1. The van der Waals surface area contributed by atoms with Crippen LogP contribution in [0.4, 0.5) is 10.5 Å². The van der Waals surface area contributed by atoms with Crippen molar-refractivity contribution in [2.45, 2.75) is 50.2 Å². The number of amides is 1. The van der Waals surface area contributed by atoms with Crippen LogP contribution in [0.2, 0.25) is 0 Å². The molecule has 0 spiro atoms. The van der Waals surface area contributed by atoms with Gasteiger partial charge in [-0.25, -0.2) is 13.2 Å². The Hall–Kier alpha value is -3.51. The number of sulfonamides is 1. The third-order valence-corrected chi connectivity index (χ3v) is 6.62. The Morgan fingerprint density at radius 3 is 2.29 bits per heavy atom. The van der Waals surface area contributed by atoms with Crippen LogP contribution in [-0.4, -0.2) is 59.5 Å². The molecule has 1 amide bonds. The van der Waals surface area contributed by atoms with Gasteiger partial charge in [0.2, 0.25) is 0 Å². The molecule has 12 heteroatoms. The summed E-state index contributed by atoms with van der Waals surface area (Å²) in [4.78, 5) is 33.9. The largest absolute Gasteiger partial charge is 0.480 e. The second-order valence-corrected chi connectivity index (χ2v) is 10.7. The molecule has 2 N–H and O–H groups in total. The Kier molecular flexibility index (Phi) is 9.32. The van der Waals surface area contributed by atoms with Gasteiger partial charge in [0.25, 0.3) is 15.7 Å². The quantitative estimate of drug-likeness (QED) is 0.347. The van der Waals surface area contributed by atoms with E-state index in [-0.39, 0.29) is 6.42 Å². The summed E-state index contributed by atoms with van der Waals surface area (Å²) in [5.74, 6) is -1.45. The van der Waals surface area contributed by atoms with Crippen molar-refractivity contribution >= 4 is 27.8 Å². The van der Waals surface area contributed by atoms with E-state index in [9.17, 15) is 33.2 Å². The molecule has 0 fully saturated rings. The van der Waals surface area contributed by atoms with Crippen molar-refractivity contribution < 1.29 is 32.8 Å². The predicted molar refractivity (Wildman–Crippen MR) is 127 cm³/mol. The molecule has 2 rings (SSSR count). The average molecular weight is 508 g/mol. The van der Waals surface area contributed by atoms with E-state index in [1.807, 2.05) is 30.3 Å². The highest BCUT2D eigenvalue weighted by Crippen LogP contribution is 2.26. The standard InChI is InChI=1S/C23H29N3O8S/c1-23(2,3)34-22(29)24-18(14-13-17-9-5-4-6-10-17)15-25(16-21(27)28)35(32,33)20-12-8-7-11-19(20)26(30)31/h4-12,18H,13-16H2,1-3H3,(H,24,29)(H,27,28)/t18-/m0/s1. The van der Waals surface area contributed by atoms with Crippen LogP contribution in [0.15, 0.2) is 59.5 Å². The number of hydrogen-bond donors (Lipinski definition) is 2. The number of para-hydroxylation sites is 1. The molecule has 0 saturated heterocycles. The number of aliphatic carboxylic acids is 1. The molecule has 0 saturated carbocycles. The van der Waals surface area contributed by atoms with Gasteiger partial charge < -0.3 is 15.2 Å². The number of ether oxygens (including phenoxy) is 1. The topological polar surface area (TPSA) is 156 Å². The first kappa shape index (κ1) is 27.7. The van der Waals surface area contributed by atoms with Gasteiger partial charge in [-0.3, -0.25) is 14.9 Å². The van der Waals surface area contributed by atoms with Gasteiger partial charge in [-0.2, -0.15) is 4.31 Å². The van der Waals surface area contributed by atoms with Gasteiger partial charge in [0.05, 0.1) is 4.92 Å². The number of carboxylic acid groups (broad SMARTS) is 1. The summed E-state index contributed by atoms with van der Waals surface area (Å²) >= 11 is 0.